The summed E-state index contributed by atoms with van der Waals surface area (Å²) in [6.45, 7) is 1.40. The number of fused-ring (bicyclic) bond motifs is 2. The number of carbonyl (C=O) groups excluding carboxylic acids is 1. The van der Waals surface area contributed by atoms with Crippen molar-refractivity contribution in [2.45, 2.75) is 18.3 Å². The molecular weight excluding hydrogens is 292 g/mol. The Labute approximate surface area is 133 Å². The summed E-state index contributed by atoms with van der Waals surface area (Å²) in [5, 5.41) is 9.92. The van der Waals surface area contributed by atoms with Gasteiger partial charge in [0, 0.05) is 41.8 Å². The van der Waals surface area contributed by atoms with Crippen molar-refractivity contribution in [2.75, 3.05) is 20.2 Å². The highest BCUT2D eigenvalue weighted by Gasteiger charge is 2.59. The molecule has 0 N–H and O–H groups in total. The number of hydrogen-bond donors (Lipinski definition) is 0. The maximum Gasteiger partial charge on any atom is 0.409 e. The van der Waals surface area contributed by atoms with Gasteiger partial charge in [0.2, 0.25) is 0 Å². The Morgan fingerprint density at radius 2 is 2.39 bits per heavy atom. The molecule has 2 aliphatic rings. The maximum absolute atomic E-state index is 11.8. The molecule has 2 aromatic rings. The fraction of sp³-hybridized carbons (Fsp3) is 0.412. The highest BCUT2D eigenvalue weighted by molar-refractivity contribution is 5.79. The first kappa shape index (κ1) is 13.9. The van der Waals surface area contributed by atoms with Crippen LogP contribution in [0.25, 0.3) is 10.9 Å². The molecule has 1 aliphatic carbocycles. The number of nitrogens with zero attached hydrogens (tertiary/aromatic N) is 4. The van der Waals surface area contributed by atoms with Crippen LogP contribution in [0.15, 0.2) is 24.4 Å². The average molecular weight is 308 g/mol. The Balaban J connectivity index is 1.71. The minimum Gasteiger partial charge on any atom is -0.453 e. The maximum atomic E-state index is 11.8. The van der Waals surface area contributed by atoms with Crippen molar-refractivity contribution >= 4 is 17.0 Å². The monoisotopic (exact) mass is 308 g/mol. The Morgan fingerprint density at radius 1 is 1.52 bits per heavy atom. The lowest BCUT2D eigenvalue weighted by atomic mass is 9.92. The molecule has 0 radical (unpaired) electrons. The van der Waals surface area contributed by atoms with Crippen molar-refractivity contribution in [1.29, 1.82) is 5.26 Å². The van der Waals surface area contributed by atoms with Crippen LogP contribution < -0.4 is 0 Å². The second-order valence-corrected chi connectivity index (χ2v) is 6.31. The summed E-state index contributed by atoms with van der Waals surface area (Å²) in [6.07, 6.45) is 3.43. The highest BCUT2D eigenvalue weighted by atomic mass is 16.5. The molecule has 1 saturated carbocycles. The van der Waals surface area contributed by atoms with Crippen molar-refractivity contribution in [3.05, 3.63) is 35.8 Å². The third-order valence-corrected chi connectivity index (χ3v) is 5.08. The Bertz CT molecular complexity index is 844. The van der Waals surface area contributed by atoms with E-state index in [-0.39, 0.29) is 11.5 Å². The van der Waals surface area contributed by atoms with Gasteiger partial charge in [0.1, 0.15) is 11.8 Å². The van der Waals surface area contributed by atoms with E-state index in [1.54, 1.807) is 17.2 Å². The van der Waals surface area contributed by atoms with Crippen LogP contribution >= 0.6 is 0 Å². The molecule has 2 atom stereocenters. The van der Waals surface area contributed by atoms with Gasteiger partial charge in [-0.05, 0) is 30.9 Å². The summed E-state index contributed by atoms with van der Waals surface area (Å²) in [7, 11) is 1.42. The van der Waals surface area contributed by atoms with Crippen LogP contribution in [0.5, 0.6) is 0 Å². The summed E-state index contributed by atoms with van der Waals surface area (Å²) >= 11 is 0. The highest BCUT2D eigenvalue weighted by Crippen LogP contribution is 2.58. The minimum atomic E-state index is -0.272. The summed E-state index contributed by atoms with van der Waals surface area (Å²) in [5.41, 5.74) is 2.09. The molecule has 0 aromatic carbocycles. The van der Waals surface area contributed by atoms with Crippen LogP contribution in [-0.4, -0.2) is 41.2 Å². The SMILES string of the molecule is COC(=O)N1CCC2CC2(c2ccc3cnc(C#N)cc3n2)C1. The van der Waals surface area contributed by atoms with Crippen LogP contribution in [0.1, 0.15) is 24.2 Å². The van der Waals surface area contributed by atoms with Crippen LogP contribution in [0, 0.1) is 17.2 Å². The molecule has 6 nitrogen and oxygen atoms in total. The first-order valence-electron chi connectivity index (χ1n) is 7.66. The minimum absolute atomic E-state index is 0.0588. The number of hydrogen-bond acceptors (Lipinski definition) is 5. The average Bonchev–Trinajstić information content (AvgIpc) is 3.35. The van der Waals surface area contributed by atoms with Crippen molar-refractivity contribution in [2.24, 2.45) is 5.92 Å². The van der Waals surface area contributed by atoms with E-state index in [2.05, 4.69) is 4.98 Å². The van der Waals surface area contributed by atoms with Crippen molar-refractivity contribution < 1.29 is 9.53 Å². The predicted octanol–water partition coefficient (Wildman–Crippen LogP) is 2.23. The molecule has 6 heteroatoms. The number of nitriles is 1. The smallest absolute Gasteiger partial charge is 0.409 e. The van der Waals surface area contributed by atoms with Gasteiger partial charge in [0.15, 0.2) is 0 Å². The van der Waals surface area contributed by atoms with Crippen LogP contribution in [-0.2, 0) is 10.2 Å². The molecule has 1 amide bonds. The van der Waals surface area contributed by atoms with Gasteiger partial charge in [0.25, 0.3) is 0 Å². The van der Waals surface area contributed by atoms with E-state index in [0.717, 1.165) is 36.0 Å². The number of ether oxygens (including phenoxy) is 1. The van der Waals surface area contributed by atoms with Crippen molar-refractivity contribution in [3.63, 3.8) is 0 Å². The molecule has 116 valence electrons. The molecule has 2 unspecified atom stereocenters. The van der Waals surface area contributed by atoms with Gasteiger partial charge in [-0.2, -0.15) is 5.26 Å². The first-order valence-corrected chi connectivity index (χ1v) is 7.66. The largest absolute Gasteiger partial charge is 0.453 e. The lowest BCUT2D eigenvalue weighted by Gasteiger charge is -2.31. The molecule has 4 rings (SSSR count). The Hall–Kier alpha value is -2.68. The third-order valence-electron chi connectivity index (χ3n) is 5.08. The molecule has 3 heterocycles. The number of pyridine rings is 2. The van der Waals surface area contributed by atoms with E-state index in [4.69, 9.17) is 15.0 Å². The third kappa shape index (κ3) is 2.12. The van der Waals surface area contributed by atoms with Gasteiger partial charge >= 0.3 is 6.09 Å². The number of methoxy groups -OCH3 is 1. The van der Waals surface area contributed by atoms with E-state index in [9.17, 15) is 4.79 Å². The zero-order valence-electron chi connectivity index (χ0n) is 12.8. The van der Waals surface area contributed by atoms with Crippen LogP contribution in [0.3, 0.4) is 0 Å². The molecule has 0 bridgehead atoms. The molecule has 0 spiro atoms. The fourth-order valence-electron chi connectivity index (χ4n) is 3.72. The van der Waals surface area contributed by atoms with E-state index in [0.29, 0.717) is 18.2 Å². The fourth-order valence-corrected chi connectivity index (χ4v) is 3.72. The number of piperidine rings is 1. The Morgan fingerprint density at radius 3 is 3.17 bits per heavy atom. The van der Waals surface area contributed by atoms with Gasteiger partial charge in [-0.25, -0.2) is 9.78 Å². The zero-order valence-corrected chi connectivity index (χ0v) is 12.8. The lowest BCUT2D eigenvalue weighted by Crippen LogP contribution is -2.42. The van der Waals surface area contributed by atoms with Gasteiger partial charge in [-0.15, -0.1) is 0 Å². The number of rotatable bonds is 1. The normalized spacial score (nSPS) is 25.6. The topological polar surface area (TPSA) is 79.1 Å². The van der Waals surface area contributed by atoms with Crippen molar-refractivity contribution in [1.82, 2.24) is 14.9 Å². The van der Waals surface area contributed by atoms with E-state index in [1.807, 2.05) is 18.2 Å². The predicted molar refractivity (Wildman–Crippen MR) is 82.6 cm³/mol. The summed E-state index contributed by atoms with van der Waals surface area (Å²) in [6, 6.07) is 7.78. The second kappa shape index (κ2) is 4.92. The van der Waals surface area contributed by atoms with Gasteiger partial charge in [0.05, 0.1) is 12.6 Å². The molecular formula is C17H16N4O2. The van der Waals surface area contributed by atoms with E-state index < -0.39 is 0 Å². The molecule has 23 heavy (non-hydrogen) atoms. The van der Waals surface area contributed by atoms with Crippen LogP contribution in [0.2, 0.25) is 0 Å². The summed E-state index contributed by atoms with van der Waals surface area (Å²) in [4.78, 5) is 22.4. The lowest BCUT2D eigenvalue weighted by molar-refractivity contribution is 0.109. The standard InChI is InChI=1S/C17H16N4O2/c1-23-16(22)21-5-4-12-7-17(12,10-21)15-3-2-11-9-19-13(8-18)6-14(11)20-15/h2-3,6,9,12H,4-5,7,10H2,1H3. The molecule has 1 aliphatic heterocycles. The number of likely N-dealkylation sites (tertiary alicyclic amines) is 1. The number of amides is 1. The van der Waals surface area contributed by atoms with E-state index in [1.165, 1.54) is 7.11 Å². The van der Waals surface area contributed by atoms with Crippen LogP contribution in [0.4, 0.5) is 4.79 Å². The van der Waals surface area contributed by atoms with Gasteiger partial charge in [-0.3, -0.25) is 4.98 Å². The molecule has 2 fully saturated rings. The van der Waals surface area contributed by atoms with Gasteiger partial charge in [-0.1, -0.05) is 0 Å². The zero-order chi connectivity index (χ0) is 16.0. The van der Waals surface area contributed by atoms with Crippen molar-refractivity contribution in [3.8, 4) is 6.07 Å². The summed E-state index contributed by atoms with van der Waals surface area (Å²) in [5.74, 6) is 0.575. The molecule has 2 aromatic heterocycles. The Kier molecular flexibility index (Phi) is 2.98. The molecule has 1 saturated heterocycles. The second-order valence-electron chi connectivity index (χ2n) is 6.31. The first-order chi connectivity index (χ1) is 11.2. The summed E-state index contributed by atoms with van der Waals surface area (Å²) < 4.78 is 4.86. The van der Waals surface area contributed by atoms with Gasteiger partial charge < -0.3 is 9.64 Å². The number of aromatic nitrogens is 2. The quantitative estimate of drug-likeness (QED) is 0.807. The number of carbonyl (C=O) groups is 1. The van der Waals surface area contributed by atoms with E-state index >= 15 is 0 Å².